The summed E-state index contributed by atoms with van der Waals surface area (Å²) in [6.07, 6.45) is 4.33. The van der Waals surface area contributed by atoms with Crippen LogP contribution in [0.25, 0.3) is 0 Å². The normalized spacial score (nSPS) is 29.5. The Morgan fingerprint density at radius 1 is 1.59 bits per heavy atom. The van der Waals surface area contributed by atoms with Crippen LogP contribution in [-0.4, -0.2) is 17.3 Å². The van der Waals surface area contributed by atoms with Gasteiger partial charge in [-0.2, -0.15) is 0 Å². The zero-order valence-electron chi connectivity index (χ0n) is 10.8. The fraction of sp³-hybridized carbons (Fsp3) is 0.714. The first kappa shape index (κ1) is 13.1. The number of hydrogen-bond acceptors (Lipinski definition) is 3. The van der Waals surface area contributed by atoms with Gasteiger partial charge in [-0.05, 0) is 42.7 Å². The van der Waals surface area contributed by atoms with E-state index in [1.165, 1.54) is 16.9 Å². The Morgan fingerprint density at radius 2 is 2.41 bits per heavy atom. The van der Waals surface area contributed by atoms with Gasteiger partial charge < -0.3 is 10.4 Å². The Labute approximate surface area is 108 Å². The zero-order valence-corrected chi connectivity index (χ0v) is 11.6. The van der Waals surface area contributed by atoms with E-state index in [-0.39, 0.29) is 0 Å². The maximum absolute atomic E-state index is 10.5. The number of thiophene rings is 1. The molecular formula is C14H23NOS. The summed E-state index contributed by atoms with van der Waals surface area (Å²) in [5.74, 6) is 0.666. The number of nitrogens with one attached hydrogen (secondary N) is 1. The predicted molar refractivity (Wildman–Crippen MR) is 73.3 cm³/mol. The maximum Gasteiger partial charge on any atom is 0.0774 e. The molecule has 0 bridgehead atoms. The summed E-state index contributed by atoms with van der Waals surface area (Å²) >= 11 is 1.79. The largest absolute Gasteiger partial charge is 0.389 e. The first-order chi connectivity index (χ1) is 8.09. The third-order valence-electron chi connectivity index (χ3n) is 3.78. The SMILES string of the molecule is Cc1ccsc1CNCC1(O)CCCC(C)C1. The first-order valence-corrected chi connectivity index (χ1v) is 7.43. The number of rotatable bonds is 4. The Hall–Kier alpha value is -0.380. The third kappa shape index (κ3) is 3.54. The Bertz CT molecular complexity index is 363. The van der Waals surface area contributed by atoms with Crippen LogP contribution in [0, 0.1) is 12.8 Å². The summed E-state index contributed by atoms with van der Waals surface area (Å²) in [4.78, 5) is 1.39. The monoisotopic (exact) mass is 253 g/mol. The molecule has 0 saturated heterocycles. The number of hydrogen-bond donors (Lipinski definition) is 2. The Morgan fingerprint density at radius 3 is 3.06 bits per heavy atom. The molecule has 2 unspecified atom stereocenters. The van der Waals surface area contributed by atoms with E-state index in [1.54, 1.807) is 11.3 Å². The van der Waals surface area contributed by atoms with Gasteiger partial charge in [0.15, 0.2) is 0 Å². The highest BCUT2D eigenvalue weighted by Crippen LogP contribution is 2.31. The molecule has 0 spiro atoms. The molecule has 1 saturated carbocycles. The molecule has 1 aromatic heterocycles. The van der Waals surface area contributed by atoms with Gasteiger partial charge in [0.2, 0.25) is 0 Å². The molecule has 0 aliphatic heterocycles. The summed E-state index contributed by atoms with van der Waals surface area (Å²) < 4.78 is 0. The van der Waals surface area contributed by atoms with Crippen LogP contribution in [0.2, 0.25) is 0 Å². The van der Waals surface area contributed by atoms with Gasteiger partial charge in [-0.25, -0.2) is 0 Å². The van der Waals surface area contributed by atoms with Crippen molar-refractivity contribution in [3.63, 3.8) is 0 Å². The van der Waals surface area contributed by atoms with Gasteiger partial charge in [0.05, 0.1) is 5.60 Å². The Kier molecular flexibility index (Phi) is 4.23. The average Bonchev–Trinajstić information content (AvgIpc) is 2.64. The van der Waals surface area contributed by atoms with Crippen LogP contribution in [-0.2, 0) is 6.54 Å². The van der Waals surface area contributed by atoms with Crippen molar-refractivity contribution in [2.45, 2.75) is 51.7 Å². The number of aryl methyl sites for hydroxylation is 1. The van der Waals surface area contributed by atoms with Gasteiger partial charge in [-0.1, -0.05) is 19.8 Å². The highest BCUT2D eigenvalue weighted by atomic mass is 32.1. The summed E-state index contributed by atoms with van der Waals surface area (Å²) in [5.41, 5.74) is 0.884. The van der Waals surface area contributed by atoms with Gasteiger partial charge in [0, 0.05) is 18.0 Å². The van der Waals surface area contributed by atoms with Crippen molar-refractivity contribution in [3.05, 3.63) is 21.9 Å². The van der Waals surface area contributed by atoms with Crippen LogP contribution < -0.4 is 5.32 Å². The molecule has 2 rings (SSSR count). The highest BCUT2D eigenvalue weighted by molar-refractivity contribution is 7.10. The lowest BCUT2D eigenvalue weighted by Gasteiger charge is -2.35. The first-order valence-electron chi connectivity index (χ1n) is 6.55. The molecule has 1 aliphatic rings. The predicted octanol–water partition coefficient (Wildman–Crippen LogP) is 3.09. The lowest BCUT2D eigenvalue weighted by atomic mass is 9.79. The van der Waals surface area contributed by atoms with Crippen molar-refractivity contribution in [2.75, 3.05) is 6.54 Å². The molecule has 0 aromatic carbocycles. The van der Waals surface area contributed by atoms with Crippen LogP contribution in [0.15, 0.2) is 11.4 Å². The second kappa shape index (κ2) is 5.51. The van der Waals surface area contributed by atoms with E-state index < -0.39 is 5.60 Å². The summed E-state index contributed by atoms with van der Waals surface area (Å²) in [6, 6.07) is 2.15. The molecular weight excluding hydrogens is 230 g/mol. The molecule has 17 heavy (non-hydrogen) atoms. The molecule has 0 radical (unpaired) electrons. The second-order valence-corrected chi connectivity index (χ2v) is 6.56. The van der Waals surface area contributed by atoms with E-state index in [0.717, 1.165) is 32.4 Å². The molecule has 1 fully saturated rings. The zero-order chi connectivity index (χ0) is 12.3. The van der Waals surface area contributed by atoms with Crippen LogP contribution >= 0.6 is 11.3 Å². The summed E-state index contributed by atoms with van der Waals surface area (Å²) in [6.45, 7) is 6.01. The van der Waals surface area contributed by atoms with Gasteiger partial charge in [0.1, 0.15) is 0 Å². The van der Waals surface area contributed by atoms with E-state index >= 15 is 0 Å². The van der Waals surface area contributed by atoms with Gasteiger partial charge in [-0.15, -0.1) is 11.3 Å². The fourth-order valence-electron chi connectivity index (χ4n) is 2.79. The van der Waals surface area contributed by atoms with Crippen molar-refractivity contribution in [2.24, 2.45) is 5.92 Å². The van der Waals surface area contributed by atoms with E-state index in [9.17, 15) is 5.11 Å². The summed E-state index contributed by atoms with van der Waals surface area (Å²) in [5, 5.41) is 16.0. The molecule has 0 amide bonds. The third-order valence-corrected chi connectivity index (χ3v) is 4.80. The van der Waals surface area contributed by atoms with Crippen molar-refractivity contribution in [1.82, 2.24) is 5.32 Å². The molecule has 1 heterocycles. The van der Waals surface area contributed by atoms with Crippen molar-refractivity contribution in [1.29, 1.82) is 0 Å². The van der Waals surface area contributed by atoms with Crippen molar-refractivity contribution in [3.8, 4) is 0 Å². The Balaban J connectivity index is 1.79. The smallest absolute Gasteiger partial charge is 0.0774 e. The lowest BCUT2D eigenvalue weighted by molar-refractivity contribution is -0.0119. The molecule has 1 aromatic rings. The minimum atomic E-state index is -0.469. The van der Waals surface area contributed by atoms with E-state index in [0.29, 0.717) is 5.92 Å². The van der Waals surface area contributed by atoms with Crippen LogP contribution in [0.5, 0.6) is 0 Å². The van der Waals surface area contributed by atoms with Crippen molar-refractivity contribution >= 4 is 11.3 Å². The molecule has 96 valence electrons. The molecule has 2 nitrogen and oxygen atoms in total. The van der Waals surface area contributed by atoms with Gasteiger partial charge >= 0.3 is 0 Å². The van der Waals surface area contributed by atoms with Crippen LogP contribution in [0.1, 0.15) is 43.0 Å². The van der Waals surface area contributed by atoms with E-state index in [4.69, 9.17) is 0 Å². The fourth-order valence-corrected chi connectivity index (χ4v) is 3.66. The molecule has 2 N–H and O–H groups in total. The number of aliphatic hydroxyl groups is 1. The topological polar surface area (TPSA) is 32.3 Å². The quantitative estimate of drug-likeness (QED) is 0.864. The standard InChI is InChI=1S/C14H23NOS/c1-11-4-3-6-14(16,8-11)10-15-9-13-12(2)5-7-17-13/h5,7,11,15-16H,3-4,6,8-10H2,1-2H3. The highest BCUT2D eigenvalue weighted by Gasteiger charge is 2.31. The second-order valence-electron chi connectivity index (χ2n) is 5.56. The van der Waals surface area contributed by atoms with Gasteiger partial charge in [-0.3, -0.25) is 0 Å². The maximum atomic E-state index is 10.5. The van der Waals surface area contributed by atoms with Crippen LogP contribution in [0.3, 0.4) is 0 Å². The minimum absolute atomic E-state index is 0.469. The summed E-state index contributed by atoms with van der Waals surface area (Å²) in [7, 11) is 0. The van der Waals surface area contributed by atoms with Crippen LogP contribution in [0.4, 0.5) is 0 Å². The van der Waals surface area contributed by atoms with E-state index in [2.05, 4.69) is 30.6 Å². The molecule has 2 atom stereocenters. The minimum Gasteiger partial charge on any atom is -0.389 e. The lowest BCUT2D eigenvalue weighted by Crippen LogP contribution is -2.43. The van der Waals surface area contributed by atoms with Crippen molar-refractivity contribution < 1.29 is 5.11 Å². The molecule has 3 heteroatoms. The van der Waals surface area contributed by atoms with Gasteiger partial charge in [0.25, 0.3) is 0 Å². The van der Waals surface area contributed by atoms with E-state index in [1.807, 2.05) is 0 Å². The average molecular weight is 253 g/mol. The molecule has 1 aliphatic carbocycles.